The lowest BCUT2D eigenvalue weighted by atomic mass is 9.93. The summed E-state index contributed by atoms with van der Waals surface area (Å²) < 4.78 is 40.3. The molecule has 0 radical (unpaired) electrons. The second-order valence-electron chi connectivity index (χ2n) is 6.12. The van der Waals surface area contributed by atoms with Crippen molar-refractivity contribution in [2.45, 2.75) is 39.0 Å². The summed E-state index contributed by atoms with van der Waals surface area (Å²) in [6, 6.07) is 1.96. The van der Waals surface area contributed by atoms with Crippen LogP contribution >= 0.6 is 0 Å². The van der Waals surface area contributed by atoms with Gasteiger partial charge in [0.25, 0.3) is 0 Å². The minimum absolute atomic E-state index is 0.0221. The van der Waals surface area contributed by atoms with E-state index in [4.69, 9.17) is 5.11 Å². The Hall–Kier alpha value is -1.47. The van der Waals surface area contributed by atoms with Crippen molar-refractivity contribution in [1.29, 1.82) is 0 Å². The molecular formula is C14H20FNO4S. The fourth-order valence-electron chi connectivity index (χ4n) is 1.69. The van der Waals surface area contributed by atoms with Crippen molar-refractivity contribution in [3.63, 3.8) is 0 Å². The molecule has 0 saturated carbocycles. The minimum atomic E-state index is -3.86. The third kappa shape index (κ3) is 4.78. The Balaban J connectivity index is 3.07. The number of hydrogen-bond donors (Lipinski definition) is 2. The van der Waals surface area contributed by atoms with E-state index >= 15 is 0 Å². The molecular weight excluding hydrogens is 297 g/mol. The van der Waals surface area contributed by atoms with Crippen LogP contribution in [-0.4, -0.2) is 26.0 Å². The fraction of sp³-hybridized carbons (Fsp3) is 0.500. The van der Waals surface area contributed by atoms with Crippen LogP contribution in [0, 0.1) is 18.2 Å². The molecule has 118 valence electrons. The van der Waals surface area contributed by atoms with E-state index in [1.807, 2.05) is 20.8 Å². The lowest BCUT2D eigenvalue weighted by Gasteiger charge is -2.18. The molecule has 0 fully saturated rings. The van der Waals surface area contributed by atoms with Crippen LogP contribution in [0.3, 0.4) is 0 Å². The Bertz CT molecular complexity index is 648. The number of rotatable bonds is 5. The topological polar surface area (TPSA) is 83.5 Å². The van der Waals surface area contributed by atoms with Crippen molar-refractivity contribution >= 4 is 16.0 Å². The zero-order chi connectivity index (χ0) is 16.4. The van der Waals surface area contributed by atoms with Crippen LogP contribution in [0.15, 0.2) is 17.0 Å². The Labute approximate surface area is 124 Å². The van der Waals surface area contributed by atoms with Gasteiger partial charge < -0.3 is 5.11 Å². The van der Waals surface area contributed by atoms with Gasteiger partial charge in [0.2, 0.25) is 10.0 Å². The van der Waals surface area contributed by atoms with Crippen molar-refractivity contribution in [2.24, 2.45) is 5.41 Å². The molecule has 0 spiro atoms. The molecule has 0 aliphatic carbocycles. The summed E-state index contributed by atoms with van der Waals surface area (Å²) in [5, 5.41) is 8.91. The first-order chi connectivity index (χ1) is 9.44. The van der Waals surface area contributed by atoms with Crippen molar-refractivity contribution in [1.82, 2.24) is 4.72 Å². The van der Waals surface area contributed by atoms with Crippen molar-refractivity contribution in [3.8, 4) is 0 Å². The molecule has 7 heteroatoms. The van der Waals surface area contributed by atoms with Gasteiger partial charge in [-0.2, -0.15) is 0 Å². The van der Waals surface area contributed by atoms with Crippen LogP contribution in [0.2, 0.25) is 0 Å². The largest absolute Gasteiger partial charge is 0.478 e. The summed E-state index contributed by atoms with van der Waals surface area (Å²) in [6.07, 6.45) is 0.623. The van der Waals surface area contributed by atoms with E-state index in [1.54, 1.807) is 0 Å². The third-order valence-corrected chi connectivity index (χ3v) is 4.38. The van der Waals surface area contributed by atoms with Gasteiger partial charge in [0.15, 0.2) is 0 Å². The molecule has 5 nitrogen and oxygen atoms in total. The average Bonchev–Trinajstić information content (AvgIpc) is 2.29. The van der Waals surface area contributed by atoms with Crippen molar-refractivity contribution < 1.29 is 22.7 Å². The molecule has 0 unspecified atom stereocenters. The van der Waals surface area contributed by atoms with Gasteiger partial charge in [-0.3, -0.25) is 0 Å². The highest BCUT2D eigenvalue weighted by Gasteiger charge is 2.21. The van der Waals surface area contributed by atoms with Gasteiger partial charge in [0.05, 0.1) is 10.5 Å². The third-order valence-electron chi connectivity index (χ3n) is 2.94. The summed E-state index contributed by atoms with van der Waals surface area (Å²) in [7, 11) is -3.86. The van der Waals surface area contributed by atoms with Crippen LogP contribution in [0.5, 0.6) is 0 Å². The normalized spacial score (nSPS) is 12.4. The van der Waals surface area contributed by atoms with Gasteiger partial charge in [-0.1, -0.05) is 20.8 Å². The standard InChI is InChI=1S/C14H20FNO4S/c1-9-7-10(8-11(12(9)15)13(17)18)21(19,20)16-6-5-14(2,3)4/h7-8,16H,5-6H2,1-4H3,(H,17,18). The first-order valence-corrected chi connectivity index (χ1v) is 7.95. The van der Waals surface area contributed by atoms with Gasteiger partial charge in [0, 0.05) is 6.54 Å². The number of carboxylic acids is 1. The lowest BCUT2D eigenvalue weighted by molar-refractivity contribution is 0.0691. The quantitative estimate of drug-likeness (QED) is 0.874. The number of nitrogens with one attached hydrogen (secondary N) is 1. The zero-order valence-electron chi connectivity index (χ0n) is 12.5. The number of halogens is 1. The maximum atomic E-state index is 13.6. The molecule has 0 aromatic heterocycles. The maximum absolute atomic E-state index is 13.6. The molecule has 0 aliphatic rings. The lowest BCUT2D eigenvalue weighted by Crippen LogP contribution is -2.28. The molecule has 0 amide bonds. The second-order valence-corrected chi connectivity index (χ2v) is 7.88. The SMILES string of the molecule is Cc1cc(S(=O)(=O)NCCC(C)(C)C)cc(C(=O)O)c1F. The van der Waals surface area contributed by atoms with E-state index in [-0.39, 0.29) is 22.4 Å². The first kappa shape index (κ1) is 17.6. The summed E-state index contributed by atoms with van der Waals surface area (Å²) in [4.78, 5) is 10.7. The summed E-state index contributed by atoms with van der Waals surface area (Å²) in [5.41, 5.74) is -0.703. The van der Waals surface area contributed by atoms with E-state index in [0.717, 1.165) is 12.1 Å². The zero-order valence-corrected chi connectivity index (χ0v) is 13.3. The van der Waals surface area contributed by atoms with Gasteiger partial charge in [-0.15, -0.1) is 0 Å². The number of aromatic carboxylic acids is 1. The molecule has 2 N–H and O–H groups in total. The van der Waals surface area contributed by atoms with E-state index in [2.05, 4.69) is 4.72 Å². The van der Waals surface area contributed by atoms with Crippen LogP contribution in [0.1, 0.15) is 43.1 Å². The minimum Gasteiger partial charge on any atom is -0.478 e. The van der Waals surface area contributed by atoms with E-state index in [1.165, 1.54) is 6.92 Å². The van der Waals surface area contributed by atoms with Crippen molar-refractivity contribution in [3.05, 3.63) is 29.1 Å². The summed E-state index contributed by atoms with van der Waals surface area (Å²) in [5.74, 6) is -2.42. The Morgan fingerprint density at radius 1 is 1.33 bits per heavy atom. The number of carbonyl (C=O) groups is 1. The van der Waals surface area contributed by atoms with E-state index < -0.39 is 27.4 Å². The predicted molar refractivity (Wildman–Crippen MR) is 77.4 cm³/mol. The molecule has 1 rings (SSSR count). The van der Waals surface area contributed by atoms with Gasteiger partial charge in [-0.25, -0.2) is 22.3 Å². The summed E-state index contributed by atoms with van der Waals surface area (Å²) >= 11 is 0. The molecule has 0 aliphatic heterocycles. The molecule has 0 atom stereocenters. The highest BCUT2D eigenvalue weighted by molar-refractivity contribution is 7.89. The van der Waals surface area contributed by atoms with Crippen LogP contribution < -0.4 is 4.72 Å². The van der Waals surface area contributed by atoms with Crippen LogP contribution in [-0.2, 0) is 10.0 Å². The highest BCUT2D eigenvalue weighted by Crippen LogP contribution is 2.21. The molecule has 1 aromatic rings. The number of hydrogen-bond acceptors (Lipinski definition) is 3. The predicted octanol–water partition coefficient (Wildman–Crippen LogP) is 2.55. The molecule has 1 aromatic carbocycles. The second kappa shape index (κ2) is 6.11. The molecule has 0 saturated heterocycles. The summed E-state index contributed by atoms with van der Waals surface area (Å²) in [6.45, 7) is 7.49. The van der Waals surface area contributed by atoms with E-state index in [0.29, 0.717) is 6.42 Å². The van der Waals surface area contributed by atoms with Gasteiger partial charge >= 0.3 is 5.97 Å². The number of aryl methyl sites for hydroxylation is 1. The number of sulfonamides is 1. The van der Waals surface area contributed by atoms with E-state index in [9.17, 15) is 17.6 Å². The Morgan fingerprint density at radius 3 is 2.38 bits per heavy atom. The molecule has 21 heavy (non-hydrogen) atoms. The fourth-order valence-corrected chi connectivity index (χ4v) is 2.83. The highest BCUT2D eigenvalue weighted by atomic mass is 32.2. The monoisotopic (exact) mass is 317 g/mol. The molecule has 0 heterocycles. The molecule has 0 bridgehead atoms. The van der Waals surface area contributed by atoms with Crippen LogP contribution in [0.25, 0.3) is 0 Å². The number of benzene rings is 1. The number of carboxylic acid groups (broad SMARTS) is 1. The maximum Gasteiger partial charge on any atom is 0.338 e. The smallest absolute Gasteiger partial charge is 0.338 e. The van der Waals surface area contributed by atoms with Crippen LogP contribution in [0.4, 0.5) is 4.39 Å². The van der Waals surface area contributed by atoms with Gasteiger partial charge in [-0.05, 0) is 36.5 Å². The first-order valence-electron chi connectivity index (χ1n) is 6.47. The van der Waals surface area contributed by atoms with Crippen molar-refractivity contribution in [2.75, 3.05) is 6.54 Å². The van der Waals surface area contributed by atoms with Gasteiger partial charge in [0.1, 0.15) is 5.82 Å². The Kier molecular flexibility index (Phi) is 5.11. The Morgan fingerprint density at radius 2 is 1.90 bits per heavy atom. The average molecular weight is 317 g/mol.